The molecule has 172 valence electrons. The zero-order valence-corrected chi connectivity index (χ0v) is 20.6. The second-order valence-corrected chi connectivity index (χ2v) is 7.42. The van der Waals surface area contributed by atoms with Crippen molar-refractivity contribution in [2.75, 3.05) is 61.0 Å². The van der Waals surface area contributed by atoms with Crippen LogP contribution in [0.4, 0.5) is 13.2 Å². The highest BCUT2D eigenvalue weighted by Crippen LogP contribution is 2.25. The molecule has 0 saturated carbocycles. The maximum atomic E-state index is 12.9. The van der Waals surface area contributed by atoms with Crippen molar-refractivity contribution in [2.24, 2.45) is 4.99 Å². The first-order chi connectivity index (χ1) is 13.7. The fourth-order valence-electron chi connectivity index (χ4n) is 3.47. The first kappa shape index (κ1) is 26.8. The maximum absolute atomic E-state index is 12.9. The van der Waals surface area contributed by atoms with Crippen molar-refractivity contribution in [3.63, 3.8) is 0 Å². The molecule has 0 spiro atoms. The summed E-state index contributed by atoms with van der Waals surface area (Å²) in [4.78, 5) is 9.94. The zero-order valence-electron chi connectivity index (χ0n) is 18.2. The molecular formula is C20H33F3IN5O. The number of ether oxygens (including phenoxy) is 1. The minimum Gasteiger partial charge on any atom is -0.497 e. The topological polar surface area (TPSA) is 43.3 Å². The van der Waals surface area contributed by atoms with E-state index < -0.39 is 12.2 Å². The quantitative estimate of drug-likeness (QED) is 0.340. The van der Waals surface area contributed by atoms with Gasteiger partial charge in [0.2, 0.25) is 0 Å². The van der Waals surface area contributed by atoms with Crippen molar-refractivity contribution in [3.8, 4) is 5.75 Å². The summed E-state index contributed by atoms with van der Waals surface area (Å²) in [6.07, 6.45) is -4.20. The zero-order chi connectivity index (χ0) is 21.6. The summed E-state index contributed by atoms with van der Waals surface area (Å²) in [7, 11) is 7.36. The SMILES string of the molecule is CN=C(NCC(c1ccc(OC)cc1)N(C)C)N1CCN(C(C)C(F)(F)F)CC1.I. The van der Waals surface area contributed by atoms with E-state index in [1.165, 1.54) is 11.8 Å². The highest BCUT2D eigenvalue weighted by atomic mass is 127. The predicted molar refractivity (Wildman–Crippen MR) is 125 cm³/mol. The van der Waals surface area contributed by atoms with Crippen molar-refractivity contribution in [2.45, 2.75) is 25.2 Å². The van der Waals surface area contributed by atoms with Crippen molar-refractivity contribution in [1.29, 1.82) is 0 Å². The lowest BCUT2D eigenvalue weighted by Crippen LogP contribution is -2.57. The molecule has 1 saturated heterocycles. The van der Waals surface area contributed by atoms with Gasteiger partial charge in [-0.1, -0.05) is 12.1 Å². The Morgan fingerprint density at radius 3 is 2.17 bits per heavy atom. The molecule has 1 heterocycles. The van der Waals surface area contributed by atoms with Crippen molar-refractivity contribution in [3.05, 3.63) is 29.8 Å². The molecule has 2 atom stereocenters. The Balaban J connectivity index is 0.00000450. The van der Waals surface area contributed by atoms with Crippen LogP contribution in [0.3, 0.4) is 0 Å². The Morgan fingerprint density at radius 1 is 1.17 bits per heavy atom. The van der Waals surface area contributed by atoms with Crippen molar-refractivity contribution in [1.82, 2.24) is 20.0 Å². The molecule has 1 aromatic rings. The molecule has 1 fully saturated rings. The van der Waals surface area contributed by atoms with Crippen LogP contribution in [0.5, 0.6) is 5.75 Å². The predicted octanol–water partition coefficient (Wildman–Crippen LogP) is 3.06. The molecule has 1 aliphatic heterocycles. The van der Waals surface area contributed by atoms with Gasteiger partial charge in [0, 0.05) is 39.8 Å². The third-order valence-electron chi connectivity index (χ3n) is 5.42. The molecule has 0 amide bonds. The van der Waals surface area contributed by atoms with E-state index in [1.807, 2.05) is 43.3 Å². The van der Waals surface area contributed by atoms with Gasteiger partial charge in [0.25, 0.3) is 0 Å². The maximum Gasteiger partial charge on any atom is 0.403 e. The molecule has 1 aromatic carbocycles. The Bertz CT molecular complexity index is 661. The molecule has 0 aliphatic carbocycles. The summed E-state index contributed by atoms with van der Waals surface area (Å²) >= 11 is 0. The molecule has 10 heteroatoms. The molecule has 0 aromatic heterocycles. The Morgan fingerprint density at radius 2 is 1.73 bits per heavy atom. The summed E-state index contributed by atoms with van der Waals surface area (Å²) in [5, 5.41) is 3.38. The number of benzene rings is 1. The second-order valence-electron chi connectivity index (χ2n) is 7.42. The Kier molecular flexibility index (Phi) is 10.7. The number of nitrogens with one attached hydrogen (secondary N) is 1. The van der Waals surface area contributed by atoms with E-state index in [0.717, 1.165) is 11.3 Å². The third kappa shape index (κ3) is 7.16. The number of piperazine rings is 1. The second kappa shape index (κ2) is 11.9. The molecule has 0 radical (unpaired) electrons. The summed E-state index contributed by atoms with van der Waals surface area (Å²) in [6.45, 7) is 3.59. The van der Waals surface area contributed by atoms with E-state index in [1.54, 1.807) is 14.2 Å². The van der Waals surface area contributed by atoms with Gasteiger partial charge in [0.05, 0.1) is 13.2 Å². The average molecular weight is 543 g/mol. The van der Waals surface area contributed by atoms with Gasteiger partial charge in [-0.15, -0.1) is 24.0 Å². The molecule has 30 heavy (non-hydrogen) atoms. The van der Waals surface area contributed by atoms with E-state index in [9.17, 15) is 13.2 Å². The van der Waals surface area contributed by atoms with Crippen molar-refractivity contribution >= 4 is 29.9 Å². The summed E-state index contributed by atoms with van der Waals surface area (Å²) in [5.41, 5.74) is 1.14. The summed E-state index contributed by atoms with van der Waals surface area (Å²) in [6, 6.07) is 6.62. The van der Waals surface area contributed by atoms with Crippen LogP contribution in [-0.2, 0) is 0 Å². The van der Waals surface area contributed by atoms with E-state index in [4.69, 9.17) is 4.74 Å². The van der Waals surface area contributed by atoms with Crippen LogP contribution < -0.4 is 10.1 Å². The smallest absolute Gasteiger partial charge is 0.403 e. The van der Waals surface area contributed by atoms with Crippen LogP contribution in [0.1, 0.15) is 18.5 Å². The van der Waals surface area contributed by atoms with Crippen LogP contribution in [-0.4, -0.2) is 93.9 Å². The first-order valence-corrected chi connectivity index (χ1v) is 9.74. The highest BCUT2D eigenvalue weighted by Gasteiger charge is 2.41. The van der Waals surface area contributed by atoms with E-state index in [-0.39, 0.29) is 30.0 Å². The lowest BCUT2D eigenvalue weighted by molar-refractivity contribution is -0.181. The van der Waals surface area contributed by atoms with E-state index in [2.05, 4.69) is 15.2 Å². The van der Waals surface area contributed by atoms with Gasteiger partial charge in [0.15, 0.2) is 5.96 Å². The molecule has 1 N–H and O–H groups in total. The van der Waals surface area contributed by atoms with Gasteiger partial charge in [-0.05, 0) is 38.7 Å². The van der Waals surface area contributed by atoms with Crippen LogP contribution >= 0.6 is 24.0 Å². The minimum atomic E-state index is -4.20. The number of halogens is 4. The van der Waals surface area contributed by atoms with Gasteiger partial charge in [0.1, 0.15) is 11.8 Å². The lowest BCUT2D eigenvalue weighted by atomic mass is 10.1. The molecule has 2 unspecified atom stereocenters. The third-order valence-corrected chi connectivity index (χ3v) is 5.42. The van der Waals surface area contributed by atoms with Gasteiger partial charge in [-0.2, -0.15) is 13.2 Å². The minimum absolute atomic E-state index is 0. The van der Waals surface area contributed by atoms with Crippen LogP contribution in [0.15, 0.2) is 29.3 Å². The van der Waals surface area contributed by atoms with Gasteiger partial charge < -0.3 is 19.9 Å². The number of methoxy groups -OCH3 is 1. The molecule has 0 bridgehead atoms. The van der Waals surface area contributed by atoms with Gasteiger partial charge in [-0.3, -0.25) is 9.89 Å². The summed E-state index contributed by atoms with van der Waals surface area (Å²) in [5.74, 6) is 1.52. The number of rotatable bonds is 6. The number of nitrogens with zero attached hydrogens (tertiary/aromatic N) is 4. The van der Waals surface area contributed by atoms with Gasteiger partial charge in [-0.25, -0.2) is 0 Å². The lowest BCUT2D eigenvalue weighted by Gasteiger charge is -2.40. The Hall–Kier alpha value is -1.27. The average Bonchev–Trinajstić information content (AvgIpc) is 2.70. The summed E-state index contributed by atoms with van der Waals surface area (Å²) < 4.78 is 44.1. The molecular weight excluding hydrogens is 510 g/mol. The number of hydrogen-bond donors (Lipinski definition) is 1. The molecule has 1 aliphatic rings. The number of alkyl halides is 3. The monoisotopic (exact) mass is 543 g/mol. The standard InChI is InChI=1S/C20H32F3N5O.HI/c1-15(20(21,22)23)27-10-12-28(13-11-27)19(24-2)25-14-18(26(3)4)16-6-8-17(29-5)9-7-16;/h6-9,15,18H,10-14H2,1-5H3,(H,24,25);1H. The number of guanidine groups is 1. The van der Waals surface area contributed by atoms with Crippen LogP contribution in [0.2, 0.25) is 0 Å². The largest absolute Gasteiger partial charge is 0.497 e. The van der Waals surface area contributed by atoms with Crippen LogP contribution in [0, 0.1) is 0 Å². The number of aliphatic imine (C=N–C) groups is 1. The van der Waals surface area contributed by atoms with Crippen LogP contribution in [0.25, 0.3) is 0 Å². The highest BCUT2D eigenvalue weighted by molar-refractivity contribution is 14.0. The Labute approximate surface area is 194 Å². The molecule has 2 rings (SSSR count). The number of likely N-dealkylation sites (N-methyl/N-ethyl adjacent to an activating group) is 1. The first-order valence-electron chi connectivity index (χ1n) is 9.74. The van der Waals surface area contributed by atoms with E-state index >= 15 is 0 Å². The molecule has 6 nitrogen and oxygen atoms in total. The van der Waals surface area contributed by atoms with Gasteiger partial charge >= 0.3 is 6.18 Å². The number of hydrogen-bond acceptors (Lipinski definition) is 4. The fourth-order valence-corrected chi connectivity index (χ4v) is 3.47. The fraction of sp³-hybridized carbons (Fsp3) is 0.650. The normalized spacial score (nSPS) is 18.0. The van der Waals surface area contributed by atoms with Crippen molar-refractivity contribution < 1.29 is 17.9 Å². The van der Waals surface area contributed by atoms with E-state index in [0.29, 0.717) is 38.7 Å².